The molecule has 2 rings (SSSR count). The summed E-state index contributed by atoms with van der Waals surface area (Å²) in [6.07, 6.45) is 3.68. The molecule has 2 aromatic rings. The second kappa shape index (κ2) is 7.08. The number of alkyl halides is 2. The molecule has 0 atom stereocenters. The van der Waals surface area contributed by atoms with E-state index < -0.39 is 4.52 Å². The number of halogens is 2. The lowest BCUT2D eigenvalue weighted by molar-refractivity contribution is 0.206. The van der Waals surface area contributed by atoms with E-state index in [1.165, 1.54) is 6.39 Å². The van der Waals surface area contributed by atoms with Gasteiger partial charge in [-0.2, -0.15) is 0 Å². The van der Waals surface area contributed by atoms with Gasteiger partial charge in [0.05, 0.1) is 5.56 Å². The van der Waals surface area contributed by atoms with E-state index in [0.717, 1.165) is 16.2 Å². The third kappa shape index (κ3) is 3.85. The van der Waals surface area contributed by atoms with Crippen LogP contribution in [-0.2, 0) is 9.26 Å². The zero-order valence-corrected chi connectivity index (χ0v) is 13.7. The van der Waals surface area contributed by atoms with Gasteiger partial charge in [-0.25, -0.2) is 0 Å². The minimum absolute atomic E-state index is 0.401. The molecule has 1 aromatic heterocycles. The maximum atomic E-state index is 6.17. The SMILES string of the molecule is CC#COC(Cl)(Cl)c1ccc(SCC)c(-c2nnco2)c1. The molecule has 7 heteroatoms. The van der Waals surface area contributed by atoms with Gasteiger partial charge in [0.15, 0.2) is 0 Å². The van der Waals surface area contributed by atoms with Crippen LogP contribution in [0.15, 0.2) is 33.9 Å². The number of thioether (sulfide) groups is 1. The first kappa shape index (κ1) is 16.0. The van der Waals surface area contributed by atoms with Gasteiger partial charge in [-0.05, 0) is 17.9 Å². The highest BCUT2D eigenvalue weighted by Gasteiger charge is 2.29. The van der Waals surface area contributed by atoms with Gasteiger partial charge in [-0.15, -0.1) is 22.0 Å². The summed E-state index contributed by atoms with van der Waals surface area (Å²) in [6, 6.07) is 5.45. The Kier molecular flexibility index (Phi) is 5.40. The van der Waals surface area contributed by atoms with E-state index in [4.69, 9.17) is 32.4 Å². The third-order valence-corrected chi connectivity index (χ3v) is 4.03. The molecule has 0 saturated carbocycles. The maximum Gasteiger partial charge on any atom is 0.295 e. The van der Waals surface area contributed by atoms with Crippen molar-refractivity contribution < 1.29 is 9.15 Å². The van der Waals surface area contributed by atoms with Crippen molar-refractivity contribution in [2.24, 2.45) is 0 Å². The van der Waals surface area contributed by atoms with E-state index in [0.29, 0.717) is 11.5 Å². The third-order valence-electron chi connectivity index (χ3n) is 2.49. The van der Waals surface area contributed by atoms with Crippen LogP contribution in [0.3, 0.4) is 0 Å². The topological polar surface area (TPSA) is 48.2 Å². The van der Waals surface area contributed by atoms with Crippen molar-refractivity contribution in [2.45, 2.75) is 23.3 Å². The Balaban J connectivity index is 2.46. The summed E-state index contributed by atoms with van der Waals surface area (Å²) in [6.45, 7) is 3.69. The summed E-state index contributed by atoms with van der Waals surface area (Å²) < 4.78 is 8.84. The molecule has 0 amide bonds. The van der Waals surface area contributed by atoms with Crippen LogP contribution in [0.2, 0.25) is 0 Å². The van der Waals surface area contributed by atoms with E-state index in [-0.39, 0.29) is 0 Å². The Morgan fingerprint density at radius 1 is 1.43 bits per heavy atom. The quantitative estimate of drug-likeness (QED) is 0.456. The summed E-state index contributed by atoms with van der Waals surface area (Å²) in [5, 5.41) is 7.63. The molecule has 0 fully saturated rings. The first-order chi connectivity index (χ1) is 10.1. The Hall–Kier alpha value is -1.35. The van der Waals surface area contributed by atoms with Gasteiger partial charge in [0.2, 0.25) is 12.3 Å². The molecule has 0 aliphatic rings. The normalized spacial score (nSPS) is 10.9. The molecule has 1 aromatic carbocycles. The maximum absolute atomic E-state index is 6.17. The predicted molar refractivity (Wildman–Crippen MR) is 84.1 cm³/mol. The monoisotopic (exact) mass is 342 g/mol. The lowest BCUT2D eigenvalue weighted by atomic mass is 10.1. The highest BCUT2D eigenvalue weighted by molar-refractivity contribution is 7.99. The summed E-state index contributed by atoms with van der Waals surface area (Å²) in [5.41, 5.74) is 1.30. The van der Waals surface area contributed by atoms with Crippen LogP contribution in [0.4, 0.5) is 0 Å². The average Bonchev–Trinajstić information content (AvgIpc) is 3.00. The van der Waals surface area contributed by atoms with E-state index in [1.807, 2.05) is 6.07 Å². The standard InChI is InChI=1S/C14H12Cl2N2O2S/c1-3-7-20-14(15,16)10-5-6-12(21-4-2)11(8-10)13-18-17-9-19-13/h5-6,8-9H,4H2,1-2H3. The van der Waals surface area contributed by atoms with Crippen LogP contribution < -0.4 is 0 Å². The molecule has 0 aliphatic carbocycles. The minimum Gasteiger partial charge on any atom is -0.423 e. The fourth-order valence-corrected chi connectivity index (χ4v) is 2.71. The minimum atomic E-state index is -1.56. The second-order valence-corrected chi connectivity index (χ2v) is 6.42. The molecular weight excluding hydrogens is 331 g/mol. The number of hydrogen-bond acceptors (Lipinski definition) is 5. The highest BCUT2D eigenvalue weighted by Crippen LogP contribution is 2.39. The Morgan fingerprint density at radius 3 is 2.86 bits per heavy atom. The molecule has 0 bridgehead atoms. The van der Waals surface area contributed by atoms with E-state index >= 15 is 0 Å². The van der Waals surface area contributed by atoms with Crippen molar-refractivity contribution in [3.63, 3.8) is 0 Å². The first-order valence-electron chi connectivity index (χ1n) is 6.10. The Labute approximate surface area is 137 Å². The molecule has 110 valence electrons. The molecule has 0 radical (unpaired) electrons. The summed E-state index contributed by atoms with van der Waals surface area (Å²) in [5.74, 6) is 3.89. The second-order valence-electron chi connectivity index (χ2n) is 3.86. The van der Waals surface area contributed by atoms with Crippen LogP contribution in [0, 0.1) is 12.0 Å². The molecule has 0 aliphatic heterocycles. The molecule has 0 saturated heterocycles. The van der Waals surface area contributed by atoms with Gasteiger partial charge in [0.25, 0.3) is 4.52 Å². The molecular formula is C14H12Cl2N2O2S. The van der Waals surface area contributed by atoms with Crippen molar-refractivity contribution in [3.8, 4) is 23.5 Å². The molecule has 21 heavy (non-hydrogen) atoms. The van der Waals surface area contributed by atoms with E-state index in [1.54, 1.807) is 30.8 Å². The fraction of sp³-hybridized carbons (Fsp3) is 0.286. The lowest BCUT2D eigenvalue weighted by Gasteiger charge is -2.18. The predicted octanol–water partition coefficient (Wildman–Crippen LogP) is 4.43. The van der Waals surface area contributed by atoms with Gasteiger partial charge in [0.1, 0.15) is 6.11 Å². The molecule has 0 N–H and O–H groups in total. The van der Waals surface area contributed by atoms with Gasteiger partial charge >= 0.3 is 0 Å². The van der Waals surface area contributed by atoms with E-state index in [9.17, 15) is 0 Å². The number of hydrogen-bond donors (Lipinski definition) is 0. The van der Waals surface area contributed by atoms with Crippen LogP contribution in [-0.4, -0.2) is 16.0 Å². The van der Waals surface area contributed by atoms with Crippen molar-refractivity contribution in [1.29, 1.82) is 0 Å². The number of benzene rings is 1. The molecule has 1 heterocycles. The van der Waals surface area contributed by atoms with E-state index in [2.05, 4.69) is 29.1 Å². The van der Waals surface area contributed by atoms with Crippen molar-refractivity contribution in [2.75, 3.05) is 5.75 Å². The molecule has 0 unspecified atom stereocenters. The number of ether oxygens (including phenoxy) is 1. The summed E-state index contributed by atoms with van der Waals surface area (Å²) >= 11 is 14.0. The number of aromatic nitrogens is 2. The lowest BCUT2D eigenvalue weighted by Crippen LogP contribution is -2.12. The van der Waals surface area contributed by atoms with Crippen LogP contribution >= 0.6 is 35.0 Å². The number of rotatable bonds is 5. The summed E-state index contributed by atoms with van der Waals surface area (Å²) in [7, 11) is 0. The van der Waals surface area contributed by atoms with Gasteiger partial charge in [0, 0.05) is 17.4 Å². The first-order valence-corrected chi connectivity index (χ1v) is 7.84. The zero-order valence-electron chi connectivity index (χ0n) is 11.4. The Morgan fingerprint density at radius 2 is 2.24 bits per heavy atom. The van der Waals surface area contributed by atoms with Gasteiger partial charge < -0.3 is 9.15 Å². The average molecular weight is 343 g/mol. The van der Waals surface area contributed by atoms with Crippen LogP contribution in [0.25, 0.3) is 11.5 Å². The fourth-order valence-electron chi connectivity index (χ4n) is 1.62. The van der Waals surface area contributed by atoms with Crippen molar-refractivity contribution >= 4 is 35.0 Å². The van der Waals surface area contributed by atoms with Crippen LogP contribution in [0.5, 0.6) is 0 Å². The molecule has 4 nitrogen and oxygen atoms in total. The molecule has 0 spiro atoms. The summed E-state index contributed by atoms with van der Waals surface area (Å²) in [4.78, 5) is 0.996. The highest BCUT2D eigenvalue weighted by atomic mass is 35.5. The van der Waals surface area contributed by atoms with Crippen molar-refractivity contribution in [1.82, 2.24) is 10.2 Å². The van der Waals surface area contributed by atoms with Crippen LogP contribution in [0.1, 0.15) is 19.4 Å². The number of nitrogens with zero attached hydrogens (tertiary/aromatic N) is 2. The van der Waals surface area contributed by atoms with Gasteiger partial charge in [-0.1, -0.05) is 42.1 Å². The van der Waals surface area contributed by atoms with Crippen molar-refractivity contribution in [3.05, 3.63) is 30.2 Å². The zero-order chi connectivity index (χ0) is 15.3. The Bertz CT molecular complexity index is 663. The smallest absolute Gasteiger partial charge is 0.295 e. The van der Waals surface area contributed by atoms with Gasteiger partial charge in [-0.3, -0.25) is 0 Å². The largest absolute Gasteiger partial charge is 0.423 e.